The number of aromatic hydroxyl groups is 1. The summed E-state index contributed by atoms with van der Waals surface area (Å²) < 4.78 is 39.1. The fraction of sp³-hybridized carbons (Fsp3) is 0. The molecule has 1 heterocycles. The Morgan fingerprint density at radius 3 is 2.75 bits per heavy atom. The van der Waals surface area contributed by atoms with E-state index in [1.165, 1.54) is 18.3 Å². The van der Waals surface area contributed by atoms with Crippen LogP contribution in [0.3, 0.4) is 0 Å². The highest BCUT2D eigenvalue weighted by Gasteiger charge is 2.20. The van der Waals surface area contributed by atoms with Crippen LogP contribution in [0.1, 0.15) is 5.69 Å². The molecule has 0 aliphatic heterocycles. The number of aromatic nitrogens is 1. The summed E-state index contributed by atoms with van der Waals surface area (Å²) in [5.41, 5.74) is -0.472. The molecule has 6 nitrogen and oxygen atoms in total. The van der Waals surface area contributed by atoms with E-state index in [0.717, 1.165) is 18.2 Å². The first kappa shape index (κ1) is 13.8. The average Bonchev–Trinajstić information content (AvgIpc) is 2.42. The fourth-order valence-electron chi connectivity index (χ4n) is 1.48. The molecule has 0 unspecified atom stereocenters. The quantitative estimate of drug-likeness (QED) is 0.837. The first-order valence-electron chi connectivity index (χ1n) is 5.30. The molecule has 0 radical (unpaired) electrons. The molecule has 0 aliphatic rings. The van der Waals surface area contributed by atoms with Gasteiger partial charge in [0.15, 0.2) is 5.69 Å². The molecule has 0 fully saturated rings. The van der Waals surface area contributed by atoms with Crippen LogP contribution >= 0.6 is 0 Å². The number of benzene rings is 1. The van der Waals surface area contributed by atoms with E-state index in [4.69, 9.17) is 5.26 Å². The van der Waals surface area contributed by atoms with Gasteiger partial charge in [0.05, 0.1) is 5.69 Å². The lowest BCUT2D eigenvalue weighted by atomic mass is 10.3. The molecule has 0 saturated heterocycles. The van der Waals surface area contributed by atoms with Gasteiger partial charge in [-0.2, -0.15) is 5.26 Å². The van der Waals surface area contributed by atoms with Gasteiger partial charge in [-0.3, -0.25) is 4.72 Å². The highest BCUT2D eigenvalue weighted by atomic mass is 32.2. The van der Waals surface area contributed by atoms with Gasteiger partial charge >= 0.3 is 0 Å². The first-order valence-corrected chi connectivity index (χ1v) is 6.79. The molecule has 20 heavy (non-hydrogen) atoms. The number of pyridine rings is 1. The van der Waals surface area contributed by atoms with E-state index in [2.05, 4.69) is 9.71 Å². The molecular formula is C12H8FN3O3S. The summed E-state index contributed by atoms with van der Waals surface area (Å²) in [6.07, 6.45) is 1.28. The number of hydrogen-bond donors (Lipinski definition) is 2. The molecule has 0 amide bonds. The van der Waals surface area contributed by atoms with Gasteiger partial charge in [0.1, 0.15) is 22.5 Å². The number of sulfonamides is 1. The lowest BCUT2D eigenvalue weighted by Gasteiger charge is -2.10. The van der Waals surface area contributed by atoms with Gasteiger partial charge in [0.2, 0.25) is 0 Å². The minimum absolute atomic E-state index is 0.195. The van der Waals surface area contributed by atoms with E-state index in [1.54, 1.807) is 6.07 Å². The predicted octanol–water partition coefficient (Wildman–Crippen LogP) is 1.60. The van der Waals surface area contributed by atoms with Crippen molar-refractivity contribution in [3.8, 4) is 11.8 Å². The van der Waals surface area contributed by atoms with E-state index >= 15 is 0 Å². The van der Waals surface area contributed by atoms with Crippen LogP contribution in [-0.2, 0) is 10.0 Å². The number of halogens is 1. The zero-order valence-corrected chi connectivity index (χ0v) is 10.7. The highest BCUT2D eigenvalue weighted by Crippen LogP contribution is 2.26. The van der Waals surface area contributed by atoms with Gasteiger partial charge in [-0.15, -0.1) is 0 Å². The van der Waals surface area contributed by atoms with Gasteiger partial charge in [-0.05, 0) is 24.3 Å². The SMILES string of the molecule is N#Cc1ncccc1S(=O)(=O)Nc1ccc(F)cc1O. The second kappa shape index (κ2) is 5.14. The summed E-state index contributed by atoms with van der Waals surface area (Å²) in [5, 5.41) is 18.3. The maximum Gasteiger partial charge on any atom is 0.264 e. The van der Waals surface area contributed by atoms with Crippen molar-refractivity contribution >= 4 is 15.7 Å². The molecule has 1 aromatic carbocycles. The van der Waals surface area contributed by atoms with Crippen molar-refractivity contribution in [1.82, 2.24) is 4.98 Å². The van der Waals surface area contributed by atoms with Crippen molar-refractivity contribution < 1.29 is 17.9 Å². The molecule has 2 rings (SSSR count). The summed E-state index contributed by atoms with van der Waals surface area (Å²) >= 11 is 0. The third-order valence-electron chi connectivity index (χ3n) is 2.37. The van der Waals surface area contributed by atoms with Gasteiger partial charge < -0.3 is 5.11 Å². The molecule has 8 heteroatoms. The van der Waals surface area contributed by atoms with E-state index in [0.29, 0.717) is 0 Å². The zero-order chi connectivity index (χ0) is 14.8. The standard InChI is InChI=1S/C12H8FN3O3S/c13-8-3-4-9(11(17)6-8)16-20(18,19)12-2-1-5-15-10(12)7-14/h1-6,16-17H. The van der Waals surface area contributed by atoms with Crippen molar-refractivity contribution in [2.75, 3.05) is 4.72 Å². The van der Waals surface area contributed by atoms with Crippen LogP contribution in [0.2, 0.25) is 0 Å². The maximum atomic E-state index is 12.8. The summed E-state index contributed by atoms with van der Waals surface area (Å²) in [6.45, 7) is 0. The third kappa shape index (κ3) is 2.67. The molecule has 0 atom stereocenters. The molecule has 0 spiro atoms. The average molecular weight is 293 g/mol. The lowest BCUT2D eigenvalue weighted by Crippen LogP contribution is -2.15. The number of nitrogens with one attached hydrogen (secondary N) is 1. The Balaban J connectivity index is 2.44. The summed E-state index contributed by atoms with van der Waals surface area (Å²) in [5.74, 6) is -1.26. The first-order chi connectivity index (χ1) is 9.44. The van der Waals surface area contributed by atoms with Crippen LogP contribution in [0.5, 0.6) is 5.75 Å². The minimum atomic E-state index is -4.11. The summed E-state index contributed by atoms with van der Waals surface area (Å²) in [6, 6.07) is 7.06. The van der Waals surface area contributed by atoms with Gasteiger partial charge in [-0.1, -0.05) is 0 Å². The number of hydrogen-bond acceptors (Lipinski definition) is 5. The van der Waals surface area contributed by atoms with E-state index in [-0.39, 0.29) is 16.3 Å². The van der Waals surface area contributed by atoms with Crippen molar-refractivity contribution in [3.63, 3.8) is 0 Å². The number of anilines is 1. The molecule has 2 N–H and O–H groups in total. The second-order valence-corrected chi connectivity index (χ2v) is 5.38. The van der Waals surface area contributed by atoms with Crippen molar-refractivity contribution in [2.24, 2.45) is 0 Å². The van der Waals surface area contributed by atoms with E-state index in [1.807, 2.05) is 0 Å². The van der Waals surface area contributed by atoms with Gasteiger partial charge in [-0.25, -0.2) is 17.8 Å². The Morgan fingerprint density at radius 2 is 2.10 bits per heavy atom. The van der Waals surface area contributed by atoms with Crippen LogP contribution < -0.4 is 4.72 Å². The predicted molar refractivity (Wildman–Crippen MR) is 67.8 cm³/mol. The molecule has 0 aliphatic carbocycles. The largest absolute Gasteiger partial charge is 0.506 e. The second-order valence-electron chi connectivity index (χ2n) is 3.73. The van der Waals surface area contributed by atoms with Crippen molar-refractivity contribution in [1.29, 1.82) is 5.26 Å². The topological polar surface area (TPSA) is 103 Å². The number of nitrogens with zero attached hydrogens (tertiary/aromatic N) is 2. The maximum absolute atomic E-state index is 12.8. The molecule has 102 valence electrons. The van der Waals surface area contributed by atoms with E-state index in [9.17, 15) is 17.9 Å². The number of phenolic OH excluding ortho intramolecular Hbond substituents is 1. The van der Waals surface area contributed by atoms with Crippen LogP contribution in [0.15, 0.2) is 41.4 Å². The molecule has 1 aromatic heterocycles. The number of rotatable bonds is 3. The Morgan fingerprint density at radius 1 is 1.35 bits per heavy atom. The Labute approximate surface area is 114 Å². The van der Waals surface area contributed by atoms with E-state index < -0.39 is 21.6 Å². The van der Waals surface area contributed by atoms with Crippen LogP contribution in [0.4, 0.5) is 10.1 Å². The Kier molecular flexibility index (Phi) is 3.54. The molecular weight excluding hydrogens is 285 g/mol. The highest BCUT2D eigenvalue weighted by molar-refractivity contribution is 7.92. The summed E-state index contributed by atoms with van der Waals surface area (Å²) in [4.78, 5) is 3.31. The molecule has 2 aromatic rings. The normalized spacial score (nSPS) is 10.8. The Hall–Kier alpha value is -2.66. The van der Waals surface area contributed by atoms with Crippen LogP contribution in [0.25, 0.3) is 0 Å². The van der Waals surface area contributed by atoms with Gasteiger partial charge in [0, 0.05) is 12.3 Å². The van der Waals surface area contributed by atoms with Crippen LogP contribution in [0, 0.1) is 17.1 Å². The lowest BCUT2D eigenvalue weighted by molar-refractivity contribution is 0.471. The minimum Gasteiger partial charge on any atom is -0.506 e. The number of phenols is 1. The van der Waals surface area contributed by atoms with Crippen LogP contribution in [-0.4, -0.2) is 18.5 Å². The molecule has 0 bridgehead atoms. The monoisotopic (exact) mass is 293 g/mol. The van der Waals surface area contributed by atoms with Gasteiger partial charge in [0.25, 0.3) is 10.0 Å². The smallest absolute Gasteiger partial charge is 0.264 e. The third-order valence-corrected chi connectivity index (χ3v) is 3.77. The fourth-order valence-corrected chi connectivity index (χ4v) is 2.66. The number of nitriles is 1. The van der Waals surface area contributed by atoms with Crippen molar-refractivity contribution in [3.05, 3.63) is 48.0 Å². The zero-order valence-electron chi connectivity index (χ0n) is 9.91. The van der Waals surface area contributed by atoms with Crippen molar-refractivity contribution in [2.45, 2.75) is 4.90 Å². The summed E-state index contributed by atoms with van der Waals surface area (Å²) in [7, 11) is -4.11. The Bertz CT molecular complexity index is 800. The molecule has 0 saturated carbocycles.